The van der Waals surface area contributed by atoms with Gasteiger partial charge in [-0.1, -0.05) is 11.3 Å². The molecule has 2 fully saturated rings. The van der Waals surface area contributed by atoms with Crippen LogP contribution in [0.5, 0.6) is 11.5 Å². The average Bonchev–Trinajstić information content (AvgIpc) is 3.28. The Bertz CT molecular complexity index is 891. The number of rotatable bonds is 1. The fourth-order valence-electron chi connectivity index (χ4n) is 3.35. The van der Waals surface area contributed by atoms with Gasteiger partial charge in [-0.25, -0.2) is 9.78 Å². The maximum atomic E-state index is 12.4. The molecule has 3 aliphatic heterocycles. The van der Waals surface area contributed by atoms with Crippen molar-refractivity contribution in [3.05, 3.63) is 12.1 Å². The number of nitrogens with zero attached hydrogens (tertiary/aromatic N) is 3. The van der Waals surface area contributed by atoms with Gasteiger partial charge >= 0.3 is 6.03 Å². The van der Waals surface area contributed by atoms with E-state index in [0.717, 1.165) is 4.70 Å². The van der Waals surface area contributed by atoms with Gasteiger partial charge in [0.25, 0.3) is 0 Å². The van der Waals surface area contributed by atoms with Gasteiger partial charge in [0.15, 0.2) is 16.6 Å². The Morgan fingerprint density at radius 2 is 2.33 bits per heavy atom. The van der Waals surface area contributed by atoms with Crippen molar-refractivity contribution in [1.82, 2.24) is 10.3 Å². The predicted octanol–water partition coefficient (Wildman–Crippen LogP) is 1.60. The quantitative estimate of drug-likeness (QED) is 0.844. The zero-order valence-electron chi connectivity index (χ0n) is 12.4. The Morgan fingerprint density at radius 3 is 3.21 bits per heavy atom. The van der Waals surface area contributed by atoms with E-state index in [9.17, 15) is 4.79 Å². The van der Waals surface area contributed by atoms with Crippen LogP contribution in [0.1, 0.15) is 6.42 Å². The summed E-state index contributed by atoms with van der Waals surface area (Å²) in [6.07, 6.45) is -0.0371. The van der Waals surface area contributed by atoms with Crippen molar-refractivity contribution < 1.29 is 19.0 Å². The Balaban J connectivity index is 1.56. The van der Waals surface area contributed by atoms with E-state index in [2.05, 4.69) is 16.4 Å². The molecule has 0 spiro atoms. The van der Waals surface area contributed by atoms with Crippen molar-refractivity contribution in [2.24, 2.45) is 0 Å². The number of thiazole rings is 1. The minimum atomic E-state index is -0.503. The number of ether oxygens (including phenoxy) is 3. The van der Waals surface area contributed by atoms with Gasteiger partial charge in [0.1, 0.15) is 11.6 Å². The van der Waals surface area contributed by atoms with E-state index >= 15 is 0 Å². The molecule has 3 aliphatic rings. The molecule has 0 saturated carbocycles. The summed E-state index contributed by atoms with van der Waals surface area (Å²) >= 11 is 1.42. The number of carbonyl (C=O) groups is 1. The van der Waals surface area contributed by atoms with E-state index < -0.39 is 6.10 Å². The lowest BCUT2D eigenvalue weighted by Crippen LogP contribution is -2.47. The third-order valence-corrected chi connectivity index (χ3v) is 5.51. The van der Waals surface area contributed by atoms with Crippen molar-refractivity contribution in [2.75, 3.05) is 18.3 Å². The number of benzene rings is 1. The first-order chi connectivity index (χ1) is 11.7. The molecule has 8 nitrogen and oxygen atoms in total. The van der Waals surface area contributed by atoms with E-state index in [4.69, 9.17) is 19.5 Å². The van der Waals surface area contributed by atoms with Gasteiger partial charge < -0.3 is 19.5 Å². The number of hydrogen-bond donors (Lipinski definition) is 1. The summed E-state index contributed by atoms with van der Waals surface area (Å²) in [5.41, 5.74) is 0.699. The molecule has 3 atom stereocenters. The smallest absolute Gasteiger partial charge is 0.324 e. The number of hydrogen-bond acceptors (Lipinski definition) is 7. The second-order valence-electron chi connectivity index (χ2n) is 5.82. The van der Waals surface area contributed by atoms with Crippen molar-refractivity contribution in [1.29, 1.82) is 5.26 Å². The standard InChI is InChI=1S/C15H12N4O4S/c16-4-7-3-9-8(5-21-7)17-14(20)19(9)15-18-12-11(24-15)2-1-10-13(12)23-6-22-10/h1-2,7-9H,3,5-6H2,(H,17,20). The number of aromatic nitrogens is 1. The van der Waals surface area contributed by atoms with Crippen molar-refractivity contribution in [3.8, 4) is 17.6 Å². The van der Waals surface area contributed by atoms with Gasteiger partial charge in [-0.15, -0.1) is 0 Å². The van der Waals surface area contributed by atoms with Crippen LogP contribution in [0.2, 0.25) is 0 Å². The predicted molar refractivity (Wildman–Crippen MR) is 84.3 cm³/mol. The summed E-state index contributed by atoms with van der Waals surface area (Å²) in [6, 6.07) is 5.41. The molecule has 24 heavy (non-hydrogen) atoms. The molecule has 9 heteroatoms. The summed E-state index contributed by atoms with van der Waals surface area (Å²) in [7, 11) is 0. The molecular weight excluding hydrogens is 332 g/mol. The Morgan fingerprint density at radius 1 is 1.42 bits per heavy atom. The van der Waals surface area contributed by atoms with E-state index in [1.165, 1.54) is 11.3 Å². The number of anilines is 1. The summed E-state index contributed by atoms with van der Waals surface area (Å²) in [5.74, 6) is 1.28. The van der Waals surface area contributed by atoms with Crippen LogP contribution in [-0.4, -0.2) is 42.6 Å². The van der Waals surface area contributed by atoms with Gasteiger partial charge in [-0.05, 0) is 12.1 Å². The summed E-state index contributed by atoms with van der Waals surface area (Å²) in [4.78, 5) is 18.7. The highest BCUT2D eigenvalue weighted by atomic mass is 32.1. The lowest BCUT2D eigenvalue weighted by Gasteiger charge is -2.30. The third kappa shape index (κ3) is 1.87. The Labute approximate surface area is 140 Å². The molecule has 1 aromatic heterocycles. The van der Waals surface area contributed by atoms with Crippen LogP contribution in [-0.2, 0) is 4.74 Å². The zero-order valence-corrected chi connectivity index (χ0v) is 13.2. The second kappa shape index (κ2) is 4.96. The van der Waals surface area contributed by atoms with Gasteiger partial charge in [0.2, 0.25) is 6.79 Å². The number of carbonyl (C=O) groups excluding carboxylic acids is 1. The molecule has 5 rings (SSSR count). The lowest BCUT2D eigenvalue weighted by molar-refractivity contribution is 0.0299. The van der Waals surface area contributed by atoms with Gasteiger partial charge in [0.05, 0.1) is 29.5 Å². The molecule has 2 amide bonds. The maximum absolute atomic E-state index is 12.4. The second-order valence-corrected chi connectivity index (χ2v) is 6.83. The Kier molecular flexibility index (Phi) is 2.86. The molecule has 2 aromatic rings. The summed E-state index contributed by atoms with van der Waals surface area (Å²) in [6.45, 7) is 0.514. The molecule has 0 aliphatic carbocycles. The third-order valence-electron chi connectivity index (χ3n) is 4.49. The number of amides is 2. The SMILES string of the molecule is N#CC1CC2C(CO1)NC(=O)N2c1nc2c3c(ccc2s1)OCO3. The molecule has 0 bridgehead atoms. The molecule has 1 N–H and O–H groups in total. The topological polar surface area (TPSA) is 96.7 Å². The van der Waals surface area contributed by atoms with Crippen molar-refractivity contribution >= 4 is 32.7 Å². The molecule has 0 radical (unpaired) electrons. The largest absolute Gasteiger partial charge is 0.454 e. The summed E-state index contributed by atoms with van der Waals surface area (Å²) < 4.78 is 17.2. The molecule has 1 aromatic carbocycles. The highest BCUT2D eigenvalue weighted by Gasteiger charge is 2.46. The fourth-order valence-corrected chi connectivity index (χ4v) is 4.37. The molecular formula is C15H12N4O4S. The van der Waals surface area contributed by atoms with Crippen LogP contribution in [0.15, 0.2) is 12.1 Å². The van der Waals surface area contributed by atoms with E-state index in [1.54, 1.807) is 4.90 Å². The zero-order chi connectivity index (χ0) is 16.3. The van der Waals surface area contributed by atoms with Gasteiger partial charge in [-0.3, -0.25) is 4.90 Å². The number of fused-ring (bicyclic) bond motifs is 4. The van der Waals surface area contributed by atoms with Crippen LogP contribution in [0.25, 0.3) is 10.2 Å². The lowest BCUT2D eigenvalue weighted by atomic mass is 10.00. The monoisotopic (exact) mass is 344 g/mol. The molecule has 4 heterocycles. The number of urea groups is 1. The molecule has 2 saturated heterocycles. The summed E-state index contributed by atoms with van der Waals surface area (Å²) in [5, 5.41) is 12.6. The van der Waals surface area contributed by atoms with Crippen LogP contribution in [0.4, 0.5) is 9.93 Å². The van der Waals surface area contributed by atoms with Gasteiger partial charge in [0, 0.05) is 6.42 Å². The van der Waals surface area contributed by atoms with E-state index in [1.807, 2.05) is 12.1 Å². The first-order valence-corrected chi connectivity index (χ1v) is 8.36. The Hall–Kier alpha value is -2.57. The fraction of sp³-hybridized carbons (Fsp3) is 0.400. The van der Waals surface area contributed by atoms with Gasteiger partial charge in [-0.2, -0.15) is 5.26 Å². The highest BCUT2D eigenvalue weighted by molar-refractivity contribution is 7.22. The highest BCUT2D eigenvalue weighted by Crippen LogP contribution is 2.43. The number of nitrogens with one attached hydrogen (secondary N) is 1. The van der Waals surface area contributed by atoms with Crippen LogP contribution in [0.3, 0.4) is 0 Å². The minimum Gasteiger partial charge on any atom is -0.454 e. The minimum absolute atomic E-state index is 0.126. The normalized spacial score (nSPS) is 27.9. The van der Waals surface area contributed by atoms with Crippen LogP contribution >= 0.6 is 11.3 Å². The first kappa shape index (κ1) is 13.8. The average molecular weight is 344 g/mol. The van der Waals surface area contributed by atoms with Crippen LogP contribution in [0, 0.1) is 11.3 Å². The maximum Gasteiger partial charge on any atom is 0.324 e. The van der Waals surface area contributed by atoms with E-state index in [0.29, 0.717) is 35.2 Å². The molecule has 3 unspecified atom stereocenters. The van der Waals surface area contributed by atoms with E-state index in [-0.39, 0.29) is 24.9 Å². The molecule has 122 valence electrons. The number of nitriles is 1. The van der Waals surface area contributed by atoms with Crippen molar-refractivity contribution in [3.63, 3.8) is 0 Å². The first-order valence-electron chi connectivity index (χ1n) is 7.54. The van der Waals surface area contributed by atoms with Crippen molar-refractivity contribution in [2.45, 2.75) is 24.6 Å². The van der Waals surface area contributed by atoms with Crippen LogP contribution < -0.4 is 19.7 Å².